The van der Waals surface area contributed by atoms with E-state index >= 15 is 0 Å². The highest BCUT2D eigenvalue weighted by Crippen LogP contribution is 2.81. The van der Waals surface area contributed by atoms with Gasteiger partial charge < -0.3 is 0 Å². The van der Waals surface area contributed by atoms with Gasteiger partial charge >= 0.3 is 41.5 Å². The summed E-state index contributed by atoms with van der Waals surface area (Å²) in [6.07, 6.45) is 0. The van der Waals surface area contributed by atoms with E-state index in [1.807, 2.05) is 0 Å². The molecule has 2 fully saturated rings. The first-order valence-electron chi connectivity index (χ1n) is 5.52. The molecule has 0 amide bonds. The lowest BCUT2D eigenvalue weighted by Crippen LogP contribution is -2.88. The molecule has 2 aliphatic carbocycles. The molecule has 0 radical (unpaired) electrons. The molecule has 2 aliphatic rings. The van der Waals surface area contributed by atoms with Crippen molar-refractivity contribution < 1.29 is 70.2 Å². The predicted molar refractivity (Wildman–Crippen MR) is 42.3 cm³/mol. The molecule has 0 N–H and O–H groups in total. The number of fused-ring (bicyclic) bond motifs is 1. The van der Waals surface area contributed by atoms with Crippen LogP contribution in [0.25, 0.3) is 0 Å². The van der Waals surface area contributed by atoms with Crippen molar-refractivity contribution >= 4 is 0 Å². The minimum Gasteiger partial charge on any atom is -0.226 e. The molecule has 0 nitrogen and oxygen atoms in total. The summed E-state index contributed by atoms with van der Waals surface area (Å²) in [5, 5.41) is 0. The molecule has 2 atom stereocenters. The molecule has 2 saturated carbocycles. The zero-order valence-electron chi connectivity index (χ0n) is 10.5. The fourth-order valence-corrected chi connectivity index (χ4v) is 2.72. The largest absolute Gasteiger partial charge is 0.382 e. The Morgan fingerprint density at radius 1 is 0.200 bits per heavy atom. The van der Waals surface area contributed by atoms with Gasteiger partial charge in [0.05, 0.1) is 0 Å². The van der Waals surface area contributed by atoms with E-state index in [4.69, 9.17) is 0 Å². The van der Waals surface area contributed by atoms with E-state index in [1.54, 1.807) is 0 Å². The van der Waals surface area contributed by atoms with Crippen molar-refractivity contribution in [1.29, 1.82) is 0 Å². The molecule has 25 heavy (non-hydrogen) atoms. The maximum atomic E-state index is 13.9. The summed E-state index contributed by atoms with van der Waals surface area (Å²) in [6.45, 7) is 0. The number of alkyl halides is 16. The van der Waals surface area contributed by atoms with Crippen molar-refractivity contribution in [2.45, 2.75) is 52.8 Å². The van der Waals surface area contributed by atoms with Crippen molar-refractivity contribution in [2.75, 3.05) is 0 Å². The highest BCUT2D eigenvalue weighted by Gasteiger charge is 3.16. The van der Waals surface area contributed by atoms with Gasteiger partial charge in [0.1, 0.15) is 0 Å². The van der Waals surface area contributed by atoms with Gasteiger partial charge in [0, 0.05) is 0 Å². The van der Waals surface area contributed by atoms with E-state index in [2.05, 4.69) is 0 Å². The quantitative estimate of drug-likeness (QED) is 0.498. The third kappa shape index (κ3) is 1.26. The van der Waals surface area contributed by atoms with Gasteiger partial charge in [0.15, 0.2) is 0 Å². The maximum absolute atomic E-state index is 13.9. The summed E-state index contributed by atoms with van der Waals surface area (Å²) in [5.41, 5.74) is -16.2. The number of hydrogen-bond donors (Lipinski definition) is 0. The number of hydrogen-bond acceptors (Lipinski definition) is 0. The van der Waals surface area contributed by atoms with Crippen LogP contribution in [0.3, 0.4) is 0 Å². The Hall–Kier alpha value is -1.12. The number of rotatable bonds is 0. The zero-order chi connectivity index (χ0) is 20.5. The predicted octanol–water partition coefficient (Wildman–Crippen LogP) is 4.88. The van der Waals surface area contributed by atoms with Gasteiger partial charge in [-0.1, -0.05) is 0 Å². The first-order chi connectivity index (χ1) is 10.5. The minimum absolute atomic E-state index is 7.80. The highest BCUT2D eigenvalue weighted by molar-refractivity contribution is 5.43. The molecule has 148 valence electrons. The van der Waals surface area contributed by atoms with Crippen LogP contribution in [0.1, 0.15) is 0 Å². The average Bonchev–Trinajstić information content (AvgIpc) is 2.47. The fraction of sp³-hybridized carbons (Fsp3) is 1.00. The van der Waals surface area contributed by atoms with Crippen LogP contribution in [0, 0.1) is 0 Å². The Kier molecular flexibility index (Phi) is 3.16. The Morgan fingerprint density at radius 3 is 0.480 bits per heavy atom. The van der Waals surface area contributed by atoms with Crippen LogP contribution in [-0.4, -0.2) is 52.8 Å². The van der Waals surface area contributed by atoms with Crippen LogP contribution < -0.4 is 0 Å². The average molecular weight is 412 g/mol. The van der Waals surface area contributed by atoms with E-state index in [1.165, 1.54) is 0 Å². The molecular weight excluding hydrogens is 412 g/mol. The van der Waals surface area contributed by atoms with Gasteiger partial charge in [-0.15, -0.1) is 0 Å². The topological polar surface area (TPSA) is 0 Å². The van der Waals surface area contributed by atoms with Gasteiger partial charge in [0.2, 0.25) is 0 Å². The zero-order valence-corrected chi connectivity index (χ0v) is 10.5. The van der Waals surface area contributed by atoms with Gasteiger partial charge in [-0.05, 0) is 0 Å². The van der Waals surface area contributed by atoms with E-state index in [9.17, 15) is 70.2 Å². The lowest BCUT2D eigenvalue weighted by Gasteiger charge is -2.53. The van der Waals surface area contributed by atoms with Crippen molar-refractivity contribution in [3.8, 4) is 0 Å². The summed E-state index contributed by atoms with van der Waals surface area (Å²) in [4.78, 5) is 0. The molecule has 0 spiro atoms. The third-order valence-electron chi connectivity index (χ3n) is 4.18. The first kappa shape index (κ1) is 20.2. The molecule has 0 bridgehead atoms. The summed E-state index contributed by atoms with van der Waals surface area (Å²) < 4.78 is 211. The van der Waals surface area contributed by atoms with E-state index in [0.717, 1.165) is 0 Å². The Morgan fingerprint density at radius 2 is 0.320 bits per heavy atom. The molecule has 0 saturated heterocycles. The molecular formula is C9F16. The van der Waals surface area contributed by atoms with Crippen molar-refractivity contribution in [2.24, 2.45) is 0 Å². The standard InChI is InChI=1S/C9F16/c10-1-2(11,4(14,15)7(20,21)3(1,12)13)6(18,19)9(24,25)8(22,23)5(1,16)17/t1-,2+. The number of halogens is 16. The van der Waals surface area contributed by atoms with E-state index < -0.39 is 52.8 Å². The fourth-order valence-electron chi connectivity index (χ4n) is 2.72. The summed E-state index contributed by atoms with van der Waals surface area (Å²) in [5.74, 6) is -55.8. The second-order valence-corrected chi connectivity index (χ2v) is 5.34. The van der Waals surface area contributed by atoms with Crippen LogP contribution in [-0.2, 0) is 0 Å². The van der Waals surface area contributed by atoms with Crippen LogP contribution in [0.4, 0.5) is 70.2 Å². The van der Waals surface area contributed by atoms with E-state index in [-0.39, 0.29) is 0 Å². The smallest absolute Gasteiger partial charge is 0.226 e. The highest BCUT2D eigenvalue weighted by atomic mass is 19.4. The molecule has 0 aliphatic heterocycles. The summed E-state index contributed by atoms with van der Waals surface area (Å²) in [7, 11) is 0. The van der Waals surface area contributed by atoms with Gasteiger partial charge in [0.25, 0.3) is 11.3 Å². The molecule has 0 aromatic rings. The monoisotopic (exact) mass is 412 g/mol. The Balaban J connectivity index is 3.15. The van der Waals surface area contributed by atoms with Crippen LogP contribution >= 0.6 is 0 Å². The van der Waals surface area contributed by atoms with Gasteiger partial charge in [-0.3, -0.25) is 0 Å². The second-order valence-electron chi connectivity index (χ2n) is 5.34. The minimum atomic E-state index is -8.10. The van der Waals surface area contributed by atoms with Crippen molar-refractivity contribution in [1.82, 2.24) is 0 Å². The SMILES string of the molecule is FC1(F)C(F)(F)C(F)(F)[C@]2(F)C(F)(F)C(F)(F)C(F)(F)[C@]2(F)C1(F)F. The normalized spacial score (nSPS) is 44.2. The van der Waals surface area contributed by atoms with Gasteiger partial charge in [-0.2, -0.15) is 61.5 Å². The lowest BCUT2D eigenvalue weighted by atomic mass is 9.65. The molecule has 0 aromatic carbocycles. The molecule has 0 heterocycles. The van der Waals surface area contributed by atoms with Crippen LogP contribution in [0.2, 0.25) is 0 Å². The Labute approximate surface area is 124 Å². The van der Waals surface area contributed by atoms with Gasteiger partial charge in [-0.25, -0.2) is 8.78 Å². The third-order valence-corrected chi connectivity index (χ3v) is 4.18. The summed E-state index contributed by atoms with van der Waals surface area (Å²) >= 11 is 0. The summed E-state index contributed by atoms with van der Waals surface area (Å²) in [6, 6.07) is 0. The lowest BCUT2D eigenvalue weighted by molar-refractivity contribution is -0.485. The molecule has 0 unspecified atom stereocenters. The molecule has 2 rings (SSSR count). The van der Waals surface area contributed by atoms with E-state index in [0.29, 0.717) is 0 Å². The molecule has 0 aromatic heterocycles. The second kappa shape index (κ2) is 3.92. The molecule has 16 heteroatoms. The van der Waals surface area contributed by atoms with Crippen LogP contribution in [0.15, 0.2) is 0 Å². The van der Waals surface area contributed by atoms with Crippen LogP contribution in [0.5, 0.6) is 0 Å². The Bertz CT molecular complexity index is 565. The van der Waals surface area contributed by atoms with Crippen molar-refractivity contribution in [3.63, 3.8) is 0 Å². The van der Waals surface area contributed by atoms with Crippen molar-refractivity contribution in [3.05, 3.63) is 0 Å². The maximum Gasteiger partial charge on any atom is 0.382 e. The first-order valence-corrected chi connectivity index (χ1v) is 5.52.